The van der Waals surface area contributed by atoms with Gasteiger partial charge >= 0.3 is 6.03 Å². The lowest BCUT2D eigenvalue weighted by Crippen LogP contribution is -2.55. The Morgan fingerprint density at radius 1 is 1.14 bits per heavy atom. The van der Waals surface area contributed by atoms with Gasteiger partial charge in [-0.1, -0.05) is 11.3 Å². The summed E-state index contributed by atoms with van der Waals surface area (Å²) in [6.45, 7) is 6.71. The quantitative estimate of drug-likeness (QED) is 0.787. The van der Waals surface area contributed by atoms with Crippen molar-refractivity contribution in [2.24, 2.45) is 5.73 Å². The largest absolute Gasteiger partial charge is 0.351 e. The number of piperidine rings is 1. The Hall–Kier alpha value is -2.68. The number of fused-ring (bicyclic) bond motifs is 1. The number of hydrogen-bond acceptors (Lipinski definition) is 5. The highest BCUT2D eigenvalue weighted by molar-refractivity contribution is 5.85. The second kappa shape index (κ2) is 8.36. The molecule has 1 radical (unpaired) electrons. The smallest absolute Gasteiger partial charge is 0.314 e. The minimum Gasteiger partial charge on any atom is -0.351 e. The Labute approximate surface area is 170 Å². The highest BCUT2D eigenvalue weighted by atomic mass is 16.2. The fourth-order valence-corrected chi connectivity index (χ4v) is 4.41. The topological polar surface area (TPSA) is 111 Å². The lowest BCUT2D eigenvalue weighted by Gasteiger charge is -2.42. The molecule has 9 nitrogen and oxygen atoms in total. The van der Waals surface area contributed by atoms with Gasteiger partial charge in [0.2, 0.25) is 5.91 Å². The van der Waals surface area contributed by atoms with Crippen LogP contribution in [0.4, 0.5) is 4.79 Å². The number of carbonyl (C=O) groups excluding carboxylic acids is 2. The molecule has 3 N–H and O–H groups in total. The van der Waals surface area contributed by atoms with Crippen molar-refractivity contribution in [3.05, 3.63) is 29.7 Å². The Morgan fingerprint density at radius 2 is 1.86 bits per heavy atom. The van der Waals surface area contributed by atoms with Crippen LogP contribution in [0.5, 0.6) is 0 Å². The van der Waals surface area contributed by atoms with Gasteiger partial charge in [-0.25, -0.2) is 4.79 Å². The number of nitrogens with two attached hydrogens (primary N) is 1. The third kappa shape index (κ3) is 4.34. The second-order valence-corrected chi connectivity index (χ2v) is 7.94. The molecule has 0 spiro atoms. The number of aromatic nitrogens is 3. The van der Waals surface area contributed by atoms with Crippen LogP contribution in [0.1, 0.15) is 24.0 Å². The highest BCUT2D eigenvalue weighted by Gasteiger charge is 2.29. The van der Waals surface area contributed by atoms with E-state index in [1.165, 1.54) is 0 Å². The number of rotatable bonds is 4. The number of aromatic amines is 1. The normalized spacial score (nSPS) is 19.1. The van der Waals surface area contributed by atoms with Crippen LogP contribution in [-0.2, 0) is 11.2 Å². The first kappa shape index (κ1) is 19.6. The molecule has 2 saturated heterocycles. The van der Waals surface area contributed by atoms with E-state index in [1.54, 1.807) is 11.3 Å². The van der Waals surface area contributed by atoms with Crippen molar-refractivity contribution >= 4 is 23.0 Å². The van der Waals surface area contributed by atoms with Gasteiger partial charge in [-0.15, -0.1) is 5.10 Å². The first-order valence-corrected chi connectivity index (χ1v) is 10.2. The Bertz CT molecular complexity index is 880. The van der Waals surface area contributed by atoms with Crippen molar-refractivity contribution in [3.63, 3.8) is 0 Å². The van der Waals surface area contributed by atoms with Crippen molar-refractivity contribution in [1.82, 2.24) is 30.1 Å². The number of nitrogens with one attached hydrogen (secondary N) is 1. The number of aryl methyl sites for hydroxylation is 1. The molecule has 9 heteroatoms. The van der Waals surface area contributed by atoms with Gasteiger partial charge in [-0.2, -0.15) is 0 Å². The predicted molar refractivity (Wildman–Crippen MR) is 109 cm³/mol. The number of amides is 3. The summed E-state index contributed by atoms with van der Waals surface area (Å²) in [6.07, 6.45) is 4.26. The van der Waals surface area contributed by atoms with Gasteiger partial charge in [-0.3, -0.25) is 14.8 Å². The lowest BCUT2D eigenvalue weighted by atomic mass is 10.0. The molecule has 0 saturated carbocycles. The van der Waals surface area contributed by atoms with Gasteiger partial charge in [0.05, 0.1) is 11.9 Å². The maximum absolute atomic E-state index is 12.6. The number of benzene rings is 1. The van der Waals surface area contributed by atoms with Crippen molar-refractivity contribution in [3.8, 4) is 0 Å². The van der Waals surface area contributed by atoms with E-state index < -0.39 is 0 Å². The molecule has 2 fully saturated rings. The molecule has 3 amide bonds. The zero-order chi connectivity index (χ0) is 20.4. The Morgan fingerprint density at radius 3 is 2.55 bits per heavy atom. The summed E-state index contributed by atoms with van der Waals surface area (Å²) in [7, 11) is 0. The minimum atomic E-state index is -0.327. The molecule has 2 aromatic rings. The van der Waals surface area contributed by atoms with Crippen LogP contribution in [0.2, 0.25) is 0 Å². The van der Waals surface area contributed by atoms with Crippen molar-refractivity contribution in [1.29, 1.82) is 0 Å². The zero-order valence-electron chi connectivity index (χ0n) is 16.8. The number of nitrogens with zero attached hydrogens (tertiary/aromatic N) is 5. The van der Waals surface area contributed by atoms with Crippen LogP contribution in [0.25, 0.3) is 11.0 Å². The second-order valence-electron chi connectivity index (χ2n) is 7.94. The van der Waals surface area contributed by atoms with Gasteiger partial charge < -0.3 is 15.5 Å². The van der Waals surface area contributed by atoms with E-state index in [-0.39, 0.29) is 11.9 Å². The number of hydrogen-bond donors (Lipinski definition) is 2. The molecule has 1 aromatic carbocycles. The molecule has 0 atom stereocenters. The van der Waals surface area contributed by atoms with Gasteiger partial charge in [0.15, 0.2) is 0 Å². The summed E-state index contributed by atoms with van der Waals surface area (Å²) in [6, 6.07) is 4.20. The van der Waals surface area contributed by atoms with Crippen LogP contribution in [0.3, 0.4) is 0 Å². The fraction of sp³-hybridized carbons (Fsp3) is 0.550. The van der Waals surface area contributed by atoms with Gasteiger partial charge in [0, 0.05) is 45.3 Å². The van der Waals surface area contributed by atoms with E-state index >= 15 is 0 Å². The van der Waals surface area contributed by atoms with Crippen LogP contribution >= 0.6 is 0 Å². The molecule has 0 bridgehead atoms. The SMILES string of the molecule is Cc1cc(C[CH]C(=O)N2CCN(C3CCN(C(N)=O)CC3)CC2)cc2nn[nH]c12. The van der Waals surface area contributed by atoms with Crippen molar-refractivity contribution in [2.75, 3.05) is 39.3 Å². The van der Waals surface area contributed by atoms with Crippen LogP contribution in [-0.4, -0.2) is 87.4 Å². The molecule has 0 aliphatic carbocycles. The molecular formula is C20H28N7O2. The van der Waals surface area contributed by atoms with Gasteiger partial charge in [-0.05, 0) is 43.4 Å². The molecule has 4 rings (SSSR count). The number of likely N-dealkylation sites (tertiary alicyclic amines) is 1. The Balaban J connectivity index is 1.24. The third-order valence-electron chi connectivity index (χ3n) is 6.12. The molecule has 0 unspecified atom stereocenters. The van der Waals surface area contributed by atoms with E-state index in [0.29, 0.717) is 12.5 Å². The first-order chi connectivity index (χ1) is 14.0. The summed E-state index contributed by atoms with van der Waals surface area (Å²) in [5.41, 5.74) is 9.28. The van der Waals surface area contributed by atoms with E-state index in [9.17, 15) is 9.59 Å². The van der Waals surface area contributed by atoms with Crippen molar-refractivity contribution < 1.29 is 9.59 Å². The molecule has 1 aromatic heterocycles. The average Bonchev–Trinajstić information content (AvgIpc) is 3.21. The number of urea groups is 1. The minimum absolute atomic E-state index is 0.0890. The molecule has 2 aliphatic rings. The van der Waals surface area contributed by atoms with E-state index in [0.717, 1.165) is 74.3 Å². The van der Waals surface area contributed by atoms with Crippen molar-refractivity contribution in [2.45, 2.75) is 32.2 Å². The summed E-state index contributed by atoms with van der Waals surface area (Å²) in [5, 5.41) is 10.8. The maximum atomic E-state index is 12.6. The first-order valence-electron chi connectivity index (χ1n) is 10.2. The Kier molecular flexibility index (Phi) is 5.66. The zero-order valence-corrected chi connectivity index (χ0v) is 16.8. The summed E-state index contributed by atoms with van der Waals surface area (Å²) >= 11 is 0. The predicted octanol–water partition coefficient (Wildman–Crippen LogP) is 0.700. The fourth-order valence-electron chi connectivity index (χ4n) is 4.41. The average molecular weight is 398 g/mol. The third-order valence-corrected chi connectivity index (χ3v) is 6.12. The number of H-pyrrole nitrogens is 1. The van der Waals surface area contributed by atoms with Crippen LogP contribution < -0.4 is 5.73 Å². The van der Waals surface area contributed by atoms with E-state index in [4.69, 9.17) is 5.73 Å². The monoisotopic (exact) mass is 398 g/mol. The maximum Gasteiger partial charge on any atom is 0.314 e. The highest BCUT2D eigenvalue weighted by Crippen LogP contribution is 2.20. The molecule has 155 valence electrons. The van der Waals surface area contributed by atoms with E-state index in [1.807, 2.05) is 17.9 Å². The summed E-state index contributed by atoms with van der Waals surface area (Å²) in [4.78, 5) is 30.0. The molecular weight excluding hydrogens is 370 g/mol. The lowest BCUT2D eigenvalue weighted by molar-refractivity contribution is -0.129. The number of primary amides is 1. The van der Waals surface area contributed by atoms with E-state index in [2.05, 4.69) is 26.4 Å². The molecule has 3 heterocycles. The molecule has 2 aliphatic heterocycles. The van der Waals surface area contributed by atoms with Gasteiger partial charge in [0.25, 0.3) is 0 Å². The summed E-state index contributed by atoms with van der Waals surface area (Å²) < 4.78 is 0. The van der Waals surface area contributed by atoms with Crippen LogP contribution in [0.15, 0.2) is 12.1 Å². The number of carbonyl (C=O) groups is 2. The summed E-state index contributed by atoms with van der Waals surface area (Å²) in [5.74, 6) is 0.0890. The molecule has 29 heavy (non-hydrogen) atoms. The standard InChI is InChI=1S/C20H28N7O2/c1-14-12-15(13-17-19(14)23-24-22-17)2-3-18(28)26-10-8-25(9-11-26)16-4-6-27(7-5-16)20(21)29/h3,12-13,16H,2,4-11H2,1H3,(H2,21,29)(H,22,23,24). The number of piperazine rings is 1. The van der Waals surface area contributed by atoms with Crippen LogP contribution in [0, 0.1) is 13.3 Å². The van der Waals surface area contributed by atoms with Gasteiger partial charge in [0.1, 0.15) is 5.52 Å².